The molecule has 1 aliphatic rings. The molecule has 0 bridgehead atoms. The molecule has 3 aromatic carbocycles. The summed E-state index contributed by atoms with van der Waals surface area (Å²) < 4.78 is 0. The molecule has 1 N–H and O–H groups in total. The van der Waals surface area contributed by atoms with Gasteiger partial charge in [-0.05, 0) is 72.8 Å². The highest BCUT2D eigenvalue weighted by atomic mass is 35.5. The van der Waals surface area contributed by atoms with Gasteiger partial charge in [0, 0.05) is 21.7 Å². The van der Waals surface area contributed by atoms with Crippen LogP contribution < -0.4 is 5.32 Å². The van der Waals surface area contributed by atoms with Gasteiger partial charge in [0.15, 0.2) is 0 Å². The molecule has 36 heavy (non-hydrogen) atoms. The van der Waals surface area contributed by atoms with E-state index in [-0.39, 0.29) is 10.6 Å². The van der Waals surface area contributed by atoms with E-state index in [1.807, 2.05) is 19.1 Å². The van der Waals surface area contributed by atoms with Gasteiger partial charge in [-0.1, -0.05) is 47.1 Å². The molecule has 8 nitrogen and oxygen atoms in total. The number of halogens is 1. The molecule has 11 heteroatoms. The topological polar surface area (TPSA) is 110 Å². The number of nitrogens with zero attached hydrogens (tertiary/aromatic N) is 2. The van der Waals surface area contributed by atoms with Crippen LogP contribution in [0.3, 0.4) is 0 Å². The predicted octanol–water partition coefficient (Wildman–Crippen LogP) is 6.38. The zero-order chi connectivity index (χ0) is 25.8. The number of anilines is 1. The van der Waals surface area contributed by atoms with Crippen molar-refractivity contribution in [2.24, 2.45) is 0 Å². The molecule has 0 radical (unpaired) electrons. The number of thioether (sulfide) groups is 1. The molecule has 1 fully saturated rings. The normalized spacial score (nSPS) is 14.4. The summed E-state index contributed by atoms with van der Waals surface area (Å²) in [5.41, 5.74) is 1.83. The van der Waals surface area contributed by atoms with E-state index < -0.39 is 28.5 Å². The van der Waals surface area contributed by atoms with Crippen LogP contribution in [0, 0.1) is 17.0 Å². The number of carbonyl (C=O) groups is 3. The van der Waals surface area contributed by atoms with E-state index in [1.165, 1.54) is 23.9 Å². The second kappa shape index (κ2) is 11.0. The van der Waals surface area contributed by atoms with Crippen LogP contribution in [0.2, 0.25) is 5.02 Å². The highest BCUT2D eigenvalue weighted by molar-refractivity contribution is 8.18. The molecule has 0 atom stereocenters. The van der Waals surface area contributed by atoms with Crippen molar-refractivity contribution < 1.29 is 19.3 Å². The number of nitro benzene ring substituents is 1. The van der Waals surface area contributed by atoms with Crippen LogP contribution in [0.5, 0.6) is 0 Å². The molecule has 182 valence electrons. The predicted molar refractivity (Wildman–Crippen MR) is 141 cm³/mol. The van der Waals surface area contributed by atoms with Crippen LogP contribution in [0.1, 0.15) is 11.1 Å². The number of rotatable bonds is 7. The maximum absolute atomic E-state index is 12.8. The van der Waals surface area contributed by atoms with Gasteiger partial charge in [0.2, 0.25) is 5.91 Å². The van der Waals surface area contributed by atoms with Gasteiger partial charge in [0.05, 0.1) is 14.7 Å². The van der Waals surface area contributed by atoms with Gasteiger partial charge in [0.1, 0.15) is 6.54 Å². The average molecular weight is 540 g/mol. The van der Waals surface area contributed by atoms with Crippen LogP contribution >= 0.6 is 35.1 Å². The largest absolute Gasteiger partial charge is 0.325 e. The van der Waals surface area contributed by atoms with Crippen molar-refractivity contribution in [1.29, 1.82) is 0 Å². The second-order valence-electron chi connectivity index (χ2n) is 7.72. The number of carbonyl (C=O) groups excluding carboxylic acids is 3. The number of benzene rings is 3. The maximum Gasteiger partial charge on any atom is 0.294 e. The number of hydrogen-bond donors (Lipinski definition) is 1. The van der Waals surface area contributed by atoms with Crippen molar-refractivity contribution in [2.45, 2.75) is 16.7 Å². The van der Waals surface area contributed by atoms with Gasteiger partial charge in [-0.2, -0.15) is 0 Å². The number of amides is 3. The summed E-state index contributed by atoms with van der Waals surface area (Å²) in [6, 6.07) is 18.6. The Hall–Kier alpha value is -3.60. The molecule has 0 unspecified atom stereocenters. The van der Waals surface area contributed by atoms with E-state index in [4.69, 9.17) is 11.6 Å². The lowest BCUT2D eigenvalue weighted by Gasteiger charge is -2.12. The van der Waals surface area contributed by atoms with Gasteiger partial charge in [-0.3, -0.25) is 29.4 Å². The Kier molecular flexibility index (Phi) is 7.78. The van der Waals surface area contributed by atoms with Crippen LogP contribution in [0.15, 0.2) is 81.4 Å². The smallest absolute Gasteiger partial charge is 0.294 e. The Morgan fingerprint density at radius 2 is 1.81 bits per heavy atom. The van der Waals surface area contributed by atoms with Gasteiger partial charge in [-0.15, -0.1) is 0 Å². The Balaban J connectivity index is 1.49. The summed E-state index contributed by atoms with van der Waals surface area (Å²) in [5, 5.41) is 14.3. The van der Waals surface area contributed by atoms with Crippen LogP contribution in [0.25, 0.3) is 6.08 Å². The zero-order valence-electron chi connectivity index (χ0n) is 18.8. The summed E-state index contributed by atoms with van der Waals surface area (Å²) in [5.74, 6) is -1.15. The van der Waals surface area contributed by atoms with Crippen molar-refractivity contribution in [3.05, 3.63) is 97.9 Å². The van der Waals surface area contributed by atoms with E-state index in [0.717, 1.165) is 15.4 Å². The minimum absolute atomic E-state index is 0.0792. The van der Waals surface area contributed by atoms with Crippen LogP contribution in [0.4, 0.5) is 16.2 Å². The van der Waals surface area contributed by atoms with Gasteiger partial charge < -0.3 is 5.32 Å². The number of aryl methyl sites for hydroxylation is 1. The second-order valence-corrected chi connectivity index (χ2v) is 10.3. The highest BCUT2D eigenvalue weighted by Gasteiger charge is 2.36. The van der Waals surface area contributed by atoms with Crippen molar-refractivity contribution >= 4 is 69.6 Å². The summed E-state index contributed by atoms with van der Waals surface area (Å²) in [4.78, 5) is 50.9. The van der Waals surface area contributed by atoms with Gasteiger partial charge in [-0.25, -0.2) is 0 Å². The molecule has 4 rings (SSSR count). The molecule has 1 heterocycles. The first kappa shape index (κ1) is 25.5. The highest BCUT2D eigenvalue weighted by Crippen LogP contribution is 2.37. The minimum Gasteiger partial charge on any atom is -0.325 e. The maximum atomic E-state index is 12.8. The monoisotopic (exact) mass is 539 g/mol. The molecule has 3 amide bonds. The van der Waals surface area contributed by atoms with Gasteiger partial charge in [0.25, 0.3) is 16.8 Å². The fourth-order valence-corrected chi connectivity index (χ4v) is 5.12. The molecule has 1 aliphatic heterocycles. The summed E-state index contributed by atoms with van der Waals surface area (Å²) in [6.07, 6.45) is 1.41. The van der Waals surface area contributed by atoms with Crippen molar-refractivity contribution in [3.63, 3.8) is 0 Å². The number of nitrogens with one attached hydrogen (secondary N) is 1. The van der Waals surface area contributed by atoms with E-state index in [0.29, 0.717) is 32.9 Å². The first-order chi connectivity index (χ1) is 17.2. The Labute approximate surface area is 219 Å². The van der Waals surface area contributed by atoms with Crippen molar-refractivity contribution in [3.8, 4) is 0 Å². The molecule has 3 aromatic rings. The quantitative estimate of drug-likeness (QED) is 0.210. The Morgan fingerprint density at radius 3 is 2.47 bits per heavy atom. The first-order valence-electron chi connectivity index (χ1n) is 10.5. The lowest BCUT2D eigenvalue weighted by atomic mass is 10.2. The first-order valence-corrected chi connectivity index (χ1v) is 12.5. The third-order valence-electron chi connectivity index (χ3n) is 5.03. The Morgan fingerprint density at radius 1 is 1.11 bits per heavy atom. The minimum atomic E-state index is -0.633. The molecule has 0 aromatic heterocycles. The molecular formula is C25H18ClN3O5S2. The molecule has 0 aliphatic carbocycles. The third-order valence-corrected chi connectivity index (χ3v) is 7.26. The molecular weight excluding hydrogens is 522 g/mol. The number of imide groups is 1. The molecule has 0 spiro atoms. The fraction of sp³-hybridized carbons (Fsp3) is 0.0800. The van der Waals surface area contributed by atoms with E-state index in [2.05, 4.69) is 5.32 Å². The number of nitro groups is 1. The average Bonchev–Trinajstić information content (AvgIpc) is 3.10. The summed E-state index contributed by atoms with van der Waals surface area (Å²) in [7, 11) is 0. The van der Waals surface area contributed by atoms with Crippen molar-refractivity contribution in [1.82, 2.24) is 4.90 Å². The van der Waals surface area contributed by atoms with Crippen LogP contribution in [-0.4, -0.2) is 33.4 Å². The zero-order valence-corrected chi connectivity index (χ0v) is 21.2. The van der Waals surface area contributed by atoms with E-state index >= 15 is 0 Å². The Bertz CT molecular complexity index is 1390. The molecule has 1 saturated heterocycles. The van der Waals surface area contributed by atoms with E-state index in [1.54, 1.807) is 48.5 Å². The van der Waals surface area contributed by atoms with E-state index in [9.17, 15) is 24.5 Å². The lowest BCUT2D eigenvalue weighted by Crippen LogP contribution is -2.36. The third kappa shape index (κ3) is 6.14. The van der Waals surface area contributed by atoms with Crippen molar-refractivity contribution in [2.75, 3.05) is 11.9 Å². The van der Waals surface area contributed by atoms with Gasteiger partial charge >= 0.3 is 0 Å². The number of hydrogen-bond acceptors (Lipinski definition) is 7. The summed E-state index contributed by atoms with van der Waals surface area (Å²) >= 11 is 7.79. The molecule has 0 saturated carbocycles. The lowest BCUT2D eigenvalue weighted by molar-refractivity contribution is -0.387. The summed E-state index contributed by atoms with van der Waals surface area (Å²) in [6.45, 7) is 1.48. The standard InChI is InChI=1S/C25H18ClN3O5S2/c1-15-2-7-18(8-3-15)27-23(30)14-28-24(31)22(36-25(28)32)13-16-4-11-21(20(12-16)29(33)34)35-19-9-5-17(26)6-10-19/h2-13H,14H2,1H3,(H,27,30)/b22-13-. The SMILES string of the molecule is Cc1ccc(NC(=O)CN2C(=O)S/C(=C\c3ccc(Sc4ccc(Cl)cc4)c([N+](=O)[O-])c3)C2=O)cc1. The van der Waals surface area contributed by atoms with Crippen LogP contribution in [-0.2, 0) is 9.59 Å². The fourth-order valence-electron chi connectivity index (χ4n) is 3.25.